The number of rotatable bonds is 3. The molecular weight excluding hydrogens is 399 g/mol. The van der Waals surface area contributed by atoms with Gasteiger partial charge in [0.1, 0.15) is 5.01 Å². The number of thiazole rings is 1. The van der Waals surface area contributed by atoms with Gasteiger partial charge in [0.2, 0.25) is 0 Å². The third-order valence-corrected chi connectivity index (χ3v) is 5.85. The summed E-state index contributed by atoms with van der Waals surface area (Å²) in [6.45, 7) is 1.92. The van der Waals surface area contributed by atoms with Crippen LogP contribution >= 0.6 is 34.5 Å². The van der Waals surface area contributed by atoms with E-state index in [0.29, 0.717) is 21.3 Å². The molecule has 0 atom stereocenters. The first-order valence-electron chi connectivity index (χ1n) is 8.24. The lowest BCUT2D eigenvalue weighted by atomic mass is 10.1. The number of benzene rings is 3. The Balaban J connectivity index is 1.67. The molecule has 27 heavy (non-hydrogen) atoms. The molecule has 0 aliphatic carbocycles. The number of nitrogens with one attached hydrogen (secondary N) is 1. The second-order valence-electron chi connectivity index (χ2n) is 6.12. The van der Waals surface area contributed by atoms with Crippen molar-refractivity contribution >= 4 is 56.3 Å². The molecule has 0 aliphatic rings. The zero-order valence-electron chi connectivity index (χ0n) is 14.3. The van der Waals surface area contributed by atoms with Crippen LogP contribution in [0.15, 0.2) is 60.7 Å². The van der Waals surface area contributed by atoms with Gasteiger partial charge < -0.3 is 5.32 Å². The first-order chi connectivity index (χ1) is 13.0. The van der Waals surface area contributed by atoms with E-state index in [1.807, 2.05) is 49.4 Å². The largest absolute Gasteiger partial charge is 0.321 e. The Hall–Kier alpha value is -2.40. The highest BCUT2D eigenvalue weighted by Crippen LogP contribution is 2.34. The Morgan fingerprint density at radius 1 is 1.00 bits per heavy atom. The summed E-state index contributed by atoms with van der Waals surface area (Å²) in [6.07, 6.45) is 0. The number of aryl methyl sites for hydroxylation is 1. The van der Waals surface area contributed by atoms with Gasteiger partial charge in [-0.3, -0.25) is 4.79 Å². The minimum atomic E-state index is -0.302. The fourth-order valence-corrected chi connectivity index (χ4v) is 4.19. The number of halogens is 2. The highest BCUT2D eigenvalue weighted by molar-refractivity contribution is 7.21. The number of hydrogen-bond acceptors (Lipinski definition) is 3. The molecule has 1 heterocycles. The van der Waals surface area contributed by atoms with Crippen molar-refractivity contribution in [2.24, 2.45) is 0 Å². The number of para-hydroxylation sites is 1. The first kappa shape index (κ1) is 18.0. The molecule has 1 N–H and O–H groups in total. The number of amides is 1. The van der Waals surface area contributed by atoms with Crippen molar-refractivity contribution in [3.63, 3.8) is 0 Å². The van der Waals surface area contributed by atoms with Crippen molar-refractivity contribution in [1.82, 2.24) is 4.98 Å². The summed E-state index contributed by atoms with van der Waals surface area (Å²) in [5, 5.41) is 4.59. The van der Waals surface area contributed by atoms with Crippen molar-refractivity contribution in [3.8, 4) is 10.6 Å². The molecule has 6 heteroatoms. The fraction of sp³-hybridized carbons (Fsp3) is 0.0476. The molecule has 4 aromatic rings. The van der Waals surface area contributed by atoms with Crippen molar-refractivity contribution in [1.29, 1.82) is 0 Å². The minimum Gasteiger partial charge on any atom is -0.321 e. The van der Waals surface area contributed by atoms with E-state index in [-0.39, 0.29) is 5.91 Å². The topological polar surface area (TPSA) is 42.0 Å². The van der Waals surface area contributed by atoms with Crippen molar-refractivity contribution in [2.75, 3.05) is 5.32 Å². The van der Waals surface area contributed by atoms with E-state index in [4.69, 9.17) is 23.2 Å². The van der Waals surface area contributed by atoms with E-state index in [9.17, 15) is 4.79 Å². The van der Waals surface area contributed by atoms with E-state index < -0.39 is 0 Å². The molecule has 0 radical (unpaired) electrons. The van der Waals surface area contributed by atoms with Gasteiger partial charge in [-0.1, -0.05) is 47.5 Å². The number of carbonyl (C=O) groups excluding carboxylic acids is 1. The molecule has 134 valence electrons. The highest BCUT2D eigenvalue weighted by atomic mass is 35.5. The summed E-state index contributed by atoms with van der Waals surface area (Å²) in [5.74, 6) is -0.302. The predicted molar refractivity (Wildman–Crippen MR) is 114 cm³/mol. The smallest absolute Gasteiger partial charge is 0.257 e. The molecule has 0 saturated heterocycles. The lowest BCUT2D eigenvalue weighted by Crippen LogP contribution is -2.13. The molecule has 4 rings (SSSR count). The van der Waals surface area contributed by atoms with Crippen LogP contribution in [0.3, 0.4) is 0 Å². The second kappa shape index (κ2) is 7.31. The molecule has 0 unspecified atom stereocenters. The Morgan fingerprint density at radius 2 is 1.81 bits per heavy atom. The van der Waals surface area contributed by atoms with Crippen LogP contribution in [0, 0.1) is 6.92 Å². The summed E-state index contributed by atoms with van der Waals surface area (Å²) in [5.41, 5.74) is 3.77. The lowest BCUT2D eigenvalue weighted by Gasteiger charge is -2.10. The molecule has 0 aliphatic heterocycles. The maximum absolute atomic E-state index is 12.6. The SMILES string of the molecule is Cc1ccc(C(=O)Nc2cc(-c3nc4ccccc4s3)ccc2Cl)c(Cl)c1. The maximum Gasteiger partial charge on any atom is 0.257 e. The van der Waals surface area contributed by atoms with E-state index in [0.717, 1.165) is 26.4 Å². The molecule has 3 aromatic carbocycles. The third-order valence-electron chi connectivity index (χ3n) is 4.12. The molecule has 1 amide bonds. The minimum absolute atomic E-state index is 0.302. The average Bonchev–Trinajstić information content (AvgIpc) is 3.07. The van der Waals surface area contributed by atoms with Crippen LogP contribution in [-0.4, -0.2) is 10.9 Å². The first-order valence-corrected chi connectivity index (χ1v) is 9.81. The third kappa shape index (κ3) is 3.69. The Bertz CT molecular complexity index is 1140. The molecule has 0 saturated carbocycles. The van der Waals surface area contributed by atoms with Gasteiger partial charge in [0.25, 0.3) is 5.91 Å². The average molecular weight is 413 g/mol. The van der Waals surface area contributed by atoms with Gasteiger partial charge in [-0.2, -0.15) is 0 Å². The number of anilines is 1. The van der Waals surface area contributed by atoms with Crippen LogP contribution in [0.4, 0.5) is 5.69 Å². The van der Waals surface area contributed by atoms with Crippen LogP contribution in [0.25, 0.3) is 20.8 Å². The van der Waals surface area contributed by atoms with Crippen LogP contribution < -0.4 is 5.32 Å². The van der Waals surface area contributed by atoms with Gasteiger partial charge in [-0.05, 0) is 48.9 Å². The Labute approximate surface area is 170 Å². The molecule has 0 fully saturated rings. The monoisotopic (exact) mass is 412 g/mol. The summed E-state index contributed by atoms with van der Waals surface area (Å²) < 4.78 is 1.11. The number of fused-ring (bicyclic) bond motifs is 1. The van der Waals surface area contributed by atoms with E-state index >= 15 is 0 Å². The summed E-state index contributed by atoms with van der Waals surface area (Å²) >= 11 is 14.1. The van der Waals surface area contributed by atoms with Crippen LogP contribution in [0.1, 0.15) is 15.9 Å². The summed E-state index contributed by atoms with van der Waals surface area (Å²) in [7, 11) is 0. The van der Waals surface area contributed by atoms with Gasteiger partial charge in [-0.15, -0.1) is 11.3 Å². The normalized spacial score (nSPS) is 10.9. The fourth-order valence-electron chi connectivity index (χ4n) is 2.74. The standard InChI is InChI=1S/C21H14Cl2N2OS/c1-12-6-8-14(16(23)10-12)20(26)24-18-11-13(7-9-15(18)22)21-25-17-4-2-3-5-19(17)27-21/h2-11H,1H3,(H,24,26). The van der Waals surface area contributed by atoms with E-state index in [2.05, 4.69) is 10.3 Å². The zero-order chi connectivity index (χ0) is 19.0. The molecular formula is C21H14Cl2N2OS. The predicted octanol–water partition coefficient (Wildman–Crippen LogP) is 6.83. The maximum atomic E-state index is 12.6. The van der Waals surface area contributed by atoms with Gasteiger partial charge >= 0.3 is 0 Å². The van der Waals surface area contributed by atoms with Gasteiger partial charge in [0.05, 0.1) is 31.5 Å². The molecule has 3 nitrogen and oxygen atoms in total. The van der Waals surface area contributed by atoms with E-state index in [1.54, 1.807) is 29.5 Å². The molecule has 0 bridgehead atoms. The van der Waals surface area contributed by atoms with Gasteiger partial charge in [0, 0.05) is 5.56 Å². The summed E-state index contributed by atoms with van der Waals surface area (Å²) in [4.78, 5) is 17.3. The van der Waals surface area contributed by atoms with Gasteiger partial charge in [0.15, 0.2) is 0 Å². The Kier molecular flexibility index (Phi) is 4.87. The molecule has 1 aromatic heterocycles. The highest BCUT2D eigenvalue weighted by Gasteiger charge is 2.14. The summed E-state index contributed by atoms with van der Waals surface area (Å²) in [6, 6.07) is 18.8. The lowest BCUT2D eigenvalue weighted by molar-refractivity contribution is 0.102. The number of nitrogens with zero attached hydrogens (tertiary/aromatic N) is 1. The van der Waals surface area contributed by atoms with Crippen LogP contribution in [-0.2, 0) is 0 Å². The van der Waals surface area contributed by atoms with Crippen molar-refractivity contribution in [3.05, 3.63) is 81.8 Å². The Morgan fingerprint density at radius 3 is 2.59 bits per heavy atom. The van der Waals surface area contributed by atoms with Crippen LogP contribution in [0.2, 0.25) is 10.0 Å². The number of hydrogen-bond donors (Lipinski definition) is 1. The van der Waals surface area contributed by atoms with Crippen molar-refractivity contribution in [2.45, 2.75) is 6.92 Å². The number of carbonyl (C=O) groups is 1. The van der Waals surface area contributed by atoms with Gasteiger partial charge in [-0.25, -0.2) is 4.98 Å². The quantitative estimate of drug-likeness (QED) is 0.400. The zero-order valence-corrected chi connectivity index (χ0v) is 16.6. The second-order valence-corrected chi connectivity index (χ2v) is 7.96. The number of aromatic nitrogens is 1. The van der Waals surface area contributed by atoms with Crippen LogP contribution in [0.5, 0.6) is 0 Å². The van der Waals surface area contributed by atoms with E-state index in [1.165, 1.54) is 0 Å². The van der Waals surface area contributed by atoms with Crippen molar-refractivity contribution < 1.29 is 4.79 Å². The molecule has 0 spiro atoms.